The Labute approximate surface area is 438 Å². The van der Waals surface area contributed by atoms with Crippen LogP contribution in [0.25, 0.3) is 83.1 Å². The van der Waals surface area contributed by atoms with Crippen molar-refractivity contribution in [1.29, 1.82) is 0 Å². The van der Waals surface area contributed by atoms with Gasteiger partial charge in [-0.2, -0.15) is 0 Å². The first kappa shape index (κ1) is 44.0. The average Bonchev–Trinajstić information content (AvgIpc) is 4.07. The first-order chi connectivity index (χ1) is 37.2. The third-order valence-electron chi connectivity index (χ3n) is 15.5. The quantitative estimate of drug-likeness (QED) is 0.133. The molecule has 0 aliphatic heterocycles. The number of anilines is 3. The summed E-state index contributed by atoms with van der Waals surface area (Å²) >= 11 is 0. The molecule has 1 aliphatic rings. The van der Waals surface area contributed by atoms with E-state index in [9.17, 15) is 0 Å². The fraction of sp³-hybridized carbons (Fsp3) is 0.0137. The van der Waals surface area contributed by atoms with Gasteiger partial charge in [-0.05, 0) is 121 Å². The molecular formula is C73H50N2. The van der Waals surface area contributed by atoms with Gasteiger partial charge in [-0.15, -0.1) is 0 Å². The summed E-state index contributed by atoms with van der Waals surface area (Å²) in [7, 11) is 0. The van der Waals surface area contributed by atoms with Crippen LogP contribution >= 0.6 is 0 Å². The molecule has 12 aromatic carbocycles. The van der Waals surface area contributed by atoms with Crippen molar-refractivity contribution >= 4 is 38.9 Å². The zero-order valence-corrected chi connectivity index (χ0v) is 41.3. The molecule has 0 unspecified atom stereocenters. The highest BCUT2D eigenvalue weighted by Crippen LogP contribution is 2.61. The van der Waals surface area contributed by atoms with Crippen LogP contribution in [0.3, 0.4) is 0 Å². The molecule has 0 amide bonds. The zero-order valence-electron chi connectivity index (χ0n) is 41.3. The molecule has 13 aromatic rings. The first-order valence-corrected chi connectivity index (χ1v) is 25.9. The molecule has 75 heavy (non-hydrogen) atoms. The molecule has 0 spiro atoms. The Hall–Kier alpha value is -9.76. The summed E-state index contributed by atoms with van der Waals surface area (Å²) in [5, 5.41) is 2.42. The zero-order chi connectivity index (χ0) is 49.7. The Bertz CT molecular complexity index is 4030. The highest BCUT2D eigenvalue weighted by atomic mass is 15.1. The van der Waals surface area contributed by atoms with Gasteiger partial charge in [0.05, 0.1) is 22.1 Å². The summed E-state index contributed by atoms with van der Waals surface area (Å²) in [6.45, 7) is 0. The maximum absolute atomic E-state index is 2.54. The highest BCUT2D eigenvalue weighted by molar-refractivity contribution is 6.16. The molecule has 1 heterocycles. The average molecular weight is 955 g/mol. The van der Waals surface area contributed by atoms with Gasteiger partial charge in [-0.1, -0.05) is 249 Å². The molecule has 0 N–H and O–H groups in total. The molecule has 0 bridgehead atoms. The second kappa shape index (κ2) is 18.4. The van der Waals surface area contributed by atoms with Crippen molar-refractivity contribution in [2.75, 3.05) is 4.90 Å². The van der Waals surface area contributed by atoms with E-state index in [4.69, 9.17) is 0 Å². The van der Waals surface area contributed by atoms with E-state index in [1.54, 1.807) is 0 Å². The predicted molar refractivity (Wildman–Crippen MR) is 315 cm³/mol. The van der Waals surface area contributed by atoms with Crippen LogP contribution in [0.4, 0.5) is 17.1 Å². The van der Waals surface area contributed by atoms with Crippen LogP contribution in [-0.2, 0) is 5.41 Å². The van der Waals surface area contributed by atoms with Gasteiger partial charge in [-0.25, -0.2) is 0 Å². The minimum Gasteiger partial charge on any atom is -0.310 e. The summed E-state index contributed by atoms with van der Waals surface area (Å²) in [4.78, 5) is 2.48. The molecule has 14 rings (SSSR count). The topological polar surface area (TPSA) is 8.17 Å². The molecule has 1 aliphatic carbocycles. The van der Waals surface area contributed by atoms with Crippen LogP contribution in [0.15, 0.2) is 303 Å². The third-order valence-corrected chi connectivity index (χ3v) is 15.5. The van der Waals surface area contributed by atoms with Gasteiger partial charge in [0.2, 0.25) is 0 Å². The smallest absolute Gasteiger partial charge is 0.0715 e. The van der Waals surface area contributed by atoms with Gasteiger partial charge in [-0.3, -0.25) is 0 Å². The van der Waals surface area contributed by atoms with Crippen molar-refractivity contribution in [3.63, 3.8) is 0 Å². The van der Waals surface area contributed by atoms with Crippen molar-refractivity contribution in [1.82, 2.24) is 4.57 Å². The summed E-state index contributed by atoms with van der Waals surface area (Å²) in [6, 6.07) is 112. The van der Waals surface area contributed by atoms with Gasteiger partial charge in [0.15, 0.2) is 0 Å². The van der Waals surface area contributed by atoms with E-state index < -0.39 is 5.41 Å². The van der Waals surface area contributed by atoms with Gasteiger partial charge in [0.25, 0.3) is 0 Å². The molecule has 0 saturated carbocycles. The Morgan fingerprint density at radius 3 is 1.21 bits per heavy atom. The minimum absolute atomic E-state index is 0.682. The van der Waals surface area contributed by atoms with E-state index in [2.05, 4.69) is 313 Å². The minimum atomic E-state index is -0.682. The molecule has 2 heteroatoms. The van der Waals surface area contributed by atoms with E-state index in [1.807, 2.05) is 0 Å². The molecular weight excluding hydrogens is 905 g/mol. The number of hydrogen-bond donors (Lipinski definition) is 0. The predicted octanol–water partition coefficient (Wildman–Crippen LogP) is 19.3. The number of aromatic nitrogens is 1. The van der Waals surface area contributed by atoms with Gasteiger partial charge in [0.1, 0.15) is 0 Å². The van der Waals surface area contributed by atoms with Crippen LogP contribution in [0.2, 0.25) is 0 Å². The van der Waals surface area contributed by atoms with Crippen molar-refractivity contribution in [2.45, 2.75) is 5.41 Å². The molecule has 352 valence electrons. The normalized spacial score (nSPS) is 12.4. The fourth-order valence-corrected chi connectivity index (χ4v) is 12.1. The van der Waals surface area contributed by atoms with Gasteiger partial charge >= 0.3 is 0 Å². The summed E-state index contributed by atoms with van der Waals surface area (Å²) in [5.41, 5.74) is 22.9. The van der Waals surface area contributed by atoms with Crippen molar-refractivity contribution in [3.8, 4) is 61.3 Å². The first-order valence-electron chi connectivity index (χ1n) is 25.9. The number of fused-ring (bicyclic) bond motifs is 6. The van der Waals surface area contributed by atoms with Crippen LogP contribution in [0.5, 0.6) is 0 Å². The lowest BCUT2D eigenvalue weighted by atomic mass is 9.67. The molecule has 0 atom stereocenters. The van der Waals surface area contributed by atoms with E-state index >= 15 is 0 Å². The number of nitrogens with zero attached hydrogens (tertiary/aromatic N) is 2. The lowest BCUT2D eigenvalue weighted by molar-refractivity contribution is 0.769. The Kier molecular flexibility index (Phi) is 10.8. The number of para-hydroxylation sites is 1. The largest absolute Gasteiger partial charge is 0.310 e. The summed E-state index contributed by atoms with van der Waals surface area (Å²) in [5.74, 6) is 0. The van der Waals surface area contributed by atoms with Crippen LogP contribution in [0.1, 0.15) is 22.3 Å². The Morgan fingerprint density at radius 2 is 0.720 bits per heavy atom. The lowest BCUT2D eigenvalue weighted by Crippen LogP contribution is -2.28. The standard InChI is InChI=1S/C73H50N2/c1-7-21-51(22-8-1)54-37-43-60(44-38-54)74(61-45-39-55(40-46-61)52-23-9-2-10-24-52)69-36-20-35-67-71(69)66-49-65-64-34-19-33-63(57-27-13-4-14-28-57)72(64)75(62-47-41-56(42-48-62)53-25-11-3-12-26-53)70(65)50-68(66)73(67,58-29-15-5-16-30-58)59-31-17-6-18-32-59/h1-50H. The monoisotopic (exact) mass is 954 g/mol. The highest BCUT2D eigenvalue weighted by Gasteiger charge is 2.48. The van der Waals surface area contributed by atoms with Crippen LogP contribution in [-0.4, -0.2) is 4.57 Å². The number of rotatable bonds is 10. The van der Waals surface area contributed by atoms with Gasteiger partial charge in [0, 0.05) is 39.0 Å². The maximum atomic E-state index is 2.54. The number of hydrogen-bond acceptors (Lipinski definition) is 1. The fourth-order valence-electron chi connectivity index (χ4n) is 12.1. The second-order valence-corrected chi connectivity index (χ2v) is 19.6. The molecule has 2 nitrogen and oxygen atoms in total. The van der Waals surface area contributed by atoms with E-state index in [0.29, 0.717) is 0 Å². The third kappa shape index (κ3) is 7.33. The van der Waals surface area contributed by atoms with Crippen LogP contribution in [0, 0.1) is 0 Å². The molecule has 0 saturated heterocycles. The van der Waals surface area contributed by atoms with Gasteiger partial charge < -0.3 is 9.47 Å². The summed E-state index contributed by atoms with van der Waals surface area (Å²) in [6.07, 6.45) is 0. The van der Waals surface area contributed by atoms with Crippen LogP contribution < -0.4 is 4.90 Å². The van der Waals surface area contributed by atoms with Crippen molar-refractivity contribution in [2.24, 2.45) is 0 Å². The lowest BCUT2D eigenvalue weighted by Gasteiger charge is -2.34. The number of benzene rings is 12. The van der Waals surface area contributed by atoms with Crippen molar-refractivity contribution in [3.05, 3.63) is 326 Å². The Morgan fingerprint density at radius 1 is 0.293 bits per heavy atom. The maximum Gasteiger partial charge on any atom is 0.0715 e. The van der Waals surface area contributed by atoms with Crippen molar-refractivity contribution < 1.29 is 0 Å². The van der Waals surface area contributed by atoms with E-state index in [1.165, 1.54) is 94.2 Å². The van der Waals surface area contributed by atoms with E-state index in [0.717, 1.165) is 28.3 Å². The summed E-state index contributed by atoms with van der Waals surface area (Å²) < 4.78 is 2.53. The Balaban J connectivity index is 1.08. The second-order valence-electron chi connectivity index (χ2n) is 19.6. The molecule has 0 radical (unpaired) electrons. The van der Waals surface area contributed by atoms with E-state index in [-0.39, 0.29) is 0 Å². The SMILES string of the molecule is c1ccc(-c2ccc(N(c3ccc(-c4ccccc4)cc3)c3cccc4c3-c3cc5c6cccc(-c7ccccc7)c6n(-c6ccc(-c7ccccc7)cc6)c5cc3C4(c3ccccc3)c3ccccc3)cc2)cc1. The molecule has 0 fully saturated rings. The molecule has 1 aromatic heterocycles.